The fraction of sp³-hybridized carbons (Fsp3) is 0.435. The molecule has 0 saturated carbocycles. The molecular weight excluding hydrogens is 413 g/mol. The number of aryl methyl sites for hydroxylation is 1. The quantitative estimate of drug-likeness (QED) is 0.686. The van der Waals surface area contributed by atoms with E-state index in [9.17, 15) is 14.0 Å². The lowest BCUT2D eigenvalue weighted by Crippen LogP contribution is -2.56. The average molecular weight is 444 g/mol. The van der Waals surface area contributed by atoms with Crippen LogP contribution in [0, 0.1) is 12.7 Å². The maximum absolute atomic E-state index is 14.3. The molecule has 1 aliphatic rings. The van der Waals surface area contributed by atoms with Crippen LogP contribution in [0.1, 0.15) is 24.6 Å². The minimum absolute atomic E-state index is 0.0202. The number of piperazine rings is 1. The molecule has 1 aromatic heterocycles. The molecule has 0 bridgehead atoms. The second kappa shape index (κ2) is 11.0. The zero-order valence-corrected chi connectivity index (χ0v) is 18.7. The van der Waals surface area contributed by atoms with Crippen molar-refractivity contribution in [3.63, 3.8) is 0 Å². The summed E-state index contributed by atoms with van der Waals surface area (Å²) in [6.07, 6.45) is 2.01. The molecular formula is C23H30FN5O3. The number of ether oxygens (including phenoxy) is 1. The van der Waals surface area contributed by atoms with Gasteiger partial charge < -0.3 is 20.3 Å². The first kappa shape index (κ1) is 23.6. The molecule has 0 spiro atoms. The minimum Gasteiger partial charge on any atom is -0.382 e. The van der Waals surface area contributed by atoms with Crippen molar-refractivity contribution in [3.8, 4) is 0 Å². The summed E-state index contributed by atoms with van der Waals surface area (Å²) in [4.78, 5) is 32.7. The van der Waals surface area contributed by atoms with Gasteiger partial charge in [-0.15, -0.1) is 0 Å². The topological polar surface area (TPSA) is 86.8 Å². The summed E-state index contributed by atoms with van der Waals surface area (Å²) in [6.45, 7) is 6.76. The molecule has 32 heavy (non-hydrogen) atoms. The van der Waals surface area contributed by atoms with Crippen molar-refractivity contribution in [2.24, 2.45) is 0 Å². The van der Waals surface area contributed by atoms with E-state index in [1.165, 1.54) is 6.07 Å². The van der Waals surface area contributed by atoms with E-state index in [-0.39, 0.29) is 17.6 Å². The van der Waals surface area contributed by atoms with Crippen molar-refractivity contribution in [3.05, 3.63) is 53.6 Å². The maximum atomic E-state index is 14.3. The third kappa shape index (κ3) is 6.24. The lowest BCUT2D eigenvalue weighted by molar-refractivity contribution is -0.137. The molecule has 8 nitrogen and oxygen atoms in total. The third-order valence-electron chi connectivity index (χ3n) is 5.40. The van der Waals surface area contributed by atoms with E-state index in [4.69, 9.17) is 4.74 Å². The average Bonchev–Trinajstić information content (AvgIpc) is 2.77. The van der Waals surface area contributed by atoms with Crippen molar-refractivity contribution < 1.29 is 18.7 Å². The summed E-state index contributed by atoms with van der Waals surface area (Å²) in [5.74, 6) is -0.392. The predicted molar refractivity (Wildman–Crippen MR) is 121 cm³/mol. The smallest absolute Gasteiger partial charge is 0.323 e. The summed E-state index contributed by atoms with van der Waals surface area (Å²) in [7, 11) is 1.63. The standard InChI is InChI=1S/C23H30FN5O3/c1-4-22(30)29-10-9-28(14-19(29)15-32-3)13-17-6-8-20(24)21(11-17)27-23(31)26-18-7-5-16(2)25-12-18/h5-8,11-12,19H,4,9-10,13-15H2,1-3H3,(H2,26,27,31)/t19-/m0/s1. The molecule has 1 saturated heterocycles. The molecule has 9 heteroatoms. The van der Waals surface area contributed by atoms with E-state index in [0.29, 0.717) is 44.9 Å². The number of amides is 3. The van der Waals surface area contributed by atoms with Gasteiger partial charge in [0.05, 0.1) is 30.2 Å². The number of urea groups is 1. The van der Waals surface area contributed by atoms with Crippen molar-refractivity contribution in [1.82, 2.24) is 14.8 Å². The number of nitrogens with zero attached hydrogens (tertiary/aromatic N) is 3. The highest BCUT2D eigenvalue weighted by molar-refractivity contribution is 5.99. The number of carbonyl (C=O) groups excluding carboxylic acids is 2. The molecule has 0 radical (unpaired) electrons. The van der Waals surface area contributed by atoms with Crippen molar-refractivity contribution >= 4 is 23.3 Å². The van der Waals surface area contributed by atoms with Gasteiger partial charge in [0, 0.05) is 45.4 Å². The molecule has 0 unspecified atom stereocenters. The van der Waals surface area contributed by atoms with Gasteiger partial charge in [-0.3, -0.25) is 14.7 Å². The lowest BCUT2D eigenvalue weighted by atomic mass is 10.1. The van der Waals surface area contributed by atoms with E-state index >= 15 is 0 Å². The van der Waals surface area contributed by atoms with E-state index in [2.05, 4.69) is 20.5 Å². The fourth-order valence-electron chi connectivity index (χ4n) is 3.78. The first-order valence-electron chi connectivity index (χ1n) is 10.7. The van der Waals surface area contributed by atoms with Gasteiger partial charge in [0.2, 0.25) is 5.91 Å². The number of anilines is 2. The van der Waals surface area contributed by atoms with E-state index in [1.807, 2.05) is 18.7 Å². The number of hydrogen-bond donors (Lipinski definition) is 2. The zero-order valence-electron chi connectivity index (χ0n) is 18.7. The van der Waals surface area contributed by atoms with Crippen molar-refractivity contribution in [2.75, 3.05) is 44.0 Å². The summed E-state index contributed by atoms with van der Waals surface area (Å²) < 4.78 is 19.6. The van der Waals surface area contributed by atoms with Gasteiger partial charge >= 0.3 is 6.03 Å². The number of nitrogens with one attached hydrogen (secondary N) is 2. The molecule has 0 aliphatic carbocycles. The van der Waals surface area contributed by atoms with E-state index in [0.717, 1.165) is 11.3 Å². The van der Waals surface area contributed by atoms with Gasteiger partial charge in [-0.05, 0) is 36.8 Å². The van der Waals surface area contributed by atoms with Gasteiger partial charge in [0.1, 0.15) is 5.82 Å². The van der Waals surface area contributed by atoms with Gasteiger partial charge in [-0.1, -0.05) is 13.0 Å². The number of methoxy groups -OCH3 is 1. The van der Waals surface area contributed by atoms with Crippen LogP contribution in [-0.4, -0.2) is 66.1 Å². The molecule has 2 aromatic rings. The molecule has 1 atom stereocenters. The Balaban J connectivity index is 1.63. The number of halogens is 1. The minimum atomic E-state index is -0.543. The van der Waals surface area contributed by atoms with Gasteiger partial charge in [0.15, 0.2) is 0 Å². The summed E-state index contributed by atoms with van der Waals surface area (Å²) >= 11 is 0. The van der Waals surface area contributed by atoms with Crippen LogP contribution in [0.4, 0.5) is 20.6 Å². The van der Waals surface area contributed by atoms with Gasteiger partial charge in [0.25, 0.3) is 0 Å². The van der Waals surface area contributed by atoms with Gasteiger partial charge in [-0.25, -0.2) is 9.18 Å². The van der Waals surface area contributed by atoms with E-state index < -0.39 is 11.8 Å². The highest BCUT2D eigenvalue weighted by Gasteiger charge is 2.29. The second-order valence-corrected chi connectivity index (χ2v) is 7.87. The van der Waals surface area contributed by atoms with E-state index in [1.54, 1.807) is 37.6 Å². The van der Waals surface area contributed by atoms with Crippen LogP contribution in [0.5, 0.6) is 0 Å². The Morgan fingerprint density at radius 2 is 2.03 bits per heavy atom. The second-order valence-electron chi connectivity index (χ2n) is 7.87. The number of carbonyl (C=O) groups is 2. The predicted octanol–water partition coefficient (Wildman–Crippen LogP) is 3.24. The Hall–Kier alpha value is -3.04. The maximum Gasteiger partial charge on any atom is 0.323 e. The largest absolute Gasteiger partial charge is 0.382 e. The van der Waals surface area contributed by atoms with Crippen LogP contribution in [0.2, 0.25) is 0 Å². The number of pyridine rings is 1. The molecule has 1 aromatic carbocycles. The Morgan fingerprint density at radius 1 is 1.22 bits per heavy atom. The molecule has 1 aliphatic heterocycles. The number of benzene rings is 1. The molecule has 172 valence electrons. The van der Waals surface area contributed by atoms with Crippen LogP contribution in [0.25, 0.3) is 0 Å². The first-order chi connectivity index (χ1) is 15.4. The van der Waals surface area contributed by atoms with Crippen LogP contribution < -0.4 is 10.6 Å². The molecule has 2 N–H and O–H groups in total. The van der Waals surface area contributed by atoms with Crippen molar-refractivity contribution in [1.29, 1.82) is 0 Å². The lowest BCUT2D eigenvalue weighted by Gasteiger charge is -2.41. The highest BCUT2D eigenvalue weighted by Crippen LogP contribution is 2.20. The third-order valence-corrected chi connectivity index (χ3v) is 5.40. The zero-order chi connectivity index (χ0) is 23.1. The Kier molecular flexibility index (Phi) is 8.13. The first-order valence-corrected chi connectivity index (χ1v) is 10.7. The van der Waals surface area contributed by atoms with Crippen LogP contribution in [0.3, 0.4) is 0 Å². The Morgan fingerprint density at radius 3 is 2.72 bits per heavy atom. The molecule has 3 rings (SSSR count). The molecule has 2 heterocycles. The fourth-order valence-corrected chi connectivity index (χ4v) is 3.78. The monoisotopic (exact) mass is 443 g/mol. The van der Waals surface area contributed by atoms with Crippen LogP contribution in [0.15, 0.2) is 36.5 Å². The SMILES string of the molecule is CCC(=O)N1CCN(Cc2ccc(F)c(NC(=O)Nc3ccc(C)nc3)c2)C[C@H]1COC. The summed E-state index contributed by atoms with van der Waals surface area (Å²) in [5.41, 5.74) is 2.33. The summed E-state index contributed by atoms with van der Waals surface area (Å²) in [6, 6.07) is 7.64. The number of aromatic nitrogens is 1. The number of hydrogen-bond acceptors (Lipinski definition) is 5. The Labute approximate surface area is 187 Å². The highest BCUT2D eigenvalue weighted by atomic mass is 19.1. The van der Waals surface area contributed by atoms with Crippen LogP contribution in [-0.2, 0) is 16.1 Å². The van der Waals surface area contributed by atoms with Gasteiger partial charge in [-0.2, -0.15) is 0 Å². The number of rotatable bonds is 7. The van der Waals surface area contributed by atoms with Crippen LogP contribution >= 0.6 is 0 Å². The normalized spacial score (nSPS) is 16.6. The van der Waals surface area contributed by atoms with Crippen molar-refractivity contribution in [2.45, 2.75) is 32.9 Å². The molecule has 1 fully saturated rings. The molecule has 3 amide bonds. The Bertz CT molecular complexity index is 938. The summed E-state index contributed by atoms with van der Waals surface area (Å²) in [5, 5.41) is 5.21.